The first-order valence-corrected chi connectivity index (χ1v) is 10.3. The van der Waals surface area contributed by atoms with E-state index < -0.39 is 21.4 Å². The van der Waals surface area contributed by atoms with Crippen LogP contribution in [0.3, 0.4) is 0 Å². The molecule has 0 saturated heterocycles. The fraction of sp³-hybridized carbons (Fsp3) is 0.211. The molecule has 2 unspecified atom stereocenters. The van der Waals surface area contributed by atoms with Gasteiger partial charge in [0.05, 0.1) is 17.2 Å². The molecule has 2 heterocycles. The number of ether oxygens (including phenoxy) is 3. The van der Waals surface area contributed by atoms with Gasteiger partial charge in [0.1, 0.15) is 10.6 Å². The molecule has 10 heteroatoms. The second-order valence-electron chi connectivity index (χ2n) is 6.10. The van der Waals surface area contributed by atoms with Crippen LogP contribution in [0.4, 0.5) is 0 Å². The van der Waals surface area contributed by atoms with Gasteiger partial charge >= 0.3 is 5.69 Å². The molecule has 0 amide bonds. The molecule has 0 spiro atoms. The summed E-state index contributed by atoms with van der Waals surface area (Å²) >= 11 is 6.93. The zero-order valence-corrected chi connectivity index (χ0v) is 18.2. The summed E-state index contributed by atoms with van der Waals surface area (Å²) in [5.41, 5.74) is 1.08. The van der Waals surface area contributed by atoms with Crippen LogP contribution in [0, 0.1) is 0 Å². The van der Waals surface area contributed by atoms with E-state index >= 15 is 0 Å². The van der Waals surface area contributed by atoms with Crippen molar-refractivity contribution in [1.29, 1.82) is 0 Å². The minimum Gasteiger partial charge on any atom is -0.539 e. The third kappa shape index (κ3) is 3.69. The molecule has 29 heavy (non-hydrogen) atoms. The maximum atomic E-state index is 13.1. The van der Waals surface area contributed by atoms with Crippen LogP contribution in [0.25, 0.3) is 5.69 Å². The van der Waals surface area contributed by atoms with Gasteiger partial charge in [-0.15, -0.1) is 0 Å². The Hall–Kier alpha value is -2.59. The smallest absolute Gasteiger partial charge is 0.307 e. The van der Waals surface area contributed by atoms with E-state index in [0.717, 1.165) is 5.56 Å². The van der Waals surface area contributed by atoms with Crippen LogP contribution in [0.15, 0.2) is 47.0 Å². The number of hydrogen-bond donors (Lipinski definition) is 0. The monoisotopic (exact) mass is 524 g/mol. The van der Waals surface area contributed by atoms with Crippen LogP contribution < -0.4 is 24.0 Å². The molecule has 1 aromatic heterocycles. The summed E-state index contributed by atoms with van der Waals surface area (Å²) in [4.78, 5) is 11.9. The molecule has 8 nitrogen and oxygen atoms in total. The summed E-state index contributed by atoms with van der Waals surface area (Å²) in [6, 6.07) is 12.1. The zero-order chi connectivity index (χ0) is 20.5. The maximum Gasteiger partial charge on any atom is 0.307 e. The number of Topliss-reactive ketones (excluding diaryl/α,β-unsaturated/α-hetero) is 1. The lowest BCUT2D eigenvalue weighted by molar-refractivity contribution is -0.672. The van der Waals surface area contributed by atoms with E-state index in [1.807, 2.05) is 6.07 Å². The van der Waals surface area contributed by atoms with Gasteiger partial charge in [-0.25, -0.2) is 0 Å². The largest absolute Gasteiger partial charge is 0.539 e. The van der Waals surface area contributed by atoms with Gasteiger partial charge in [-0.2, -0.15) is 0 Å². The molecule has 1 aliphatic heterocycles. The molecule has 3 aromatic rings. The number of methoxy groups -OCH3 is 1. The Morgan fingerprint density at radius 2 is 1.90 bits per heavy atom. The molecule has 0 aliphatic carbocycles. The lowest BCUT2D eigenvalue weighted by Gasteiger charge is -2.15. The van der Waals surface area contributed by atoms with E-state index in [0.29, 0.717) is 22.9 Å². The van der Waals surface area contributed by atoms with E-state index in [9.17, 15) is 9.90 Å². The highest BCUT2D eigenvalue weighted by atomic mass is 79.9. The average Bonchev–Trinajstić information content (AvgIpc) is 3.38. The minimum absolute atomic E-state index is 0.157. The van der Waals surface area contributed by atoms with E-state index in [1.165, 1.54) is 4.68 Å². The van der Waals surface area contributed by atoms with Crippen LogP contribution in [0.2, 0.25) is 0 Å². The van der Waals surface area contributed by atoms with E-state index in [-0.39, 0.29) is 12.5 Å². The van der Waals surface area contributed by atoms with Gasteiger partial charge in [0.15, 0.2) is 17.4 Å². The number of rotatable bonds is 6. The third-order valence-corrected chi connectivity index (χ3v) is 7.09. The second-order valence-corrected chi connectivity index (χ2v) is 8.07. The summed E-state index contributed by atoms with van der Waals surface area (Å²) in [6.45, 7) is 0.157. The molecule has 0 fully saturated rings. The summed E-state index contributed by atoms with van der Waals surface area (Å²) in [7, 11) is 1.55. The summed E-state index contributed by atoms with van der Waals surface area (Å²) in [6.07, 6.45) is 0. The lowest BCUT2D eigenvalue weighted by atomic mass is 10.0. The predicted octanol–water partition coefficient (Wildman–Crippen LogP) is 2.84. The van der Waals surface area contributed by atoms with Gasteiger partial charge < -0.3 is 23.8 Å². The van der Waals surface area contributed by atoms with Crippen LogP contribution in [-0.4, -0.2) is 29.8 Å². The fourth-order valence-electron chi connectivity index (χ4n) is 2.87. The number of aromatic nitrogens is 2. The lowest BCUT2D eigenvalue weighted by Crippen LogP contribution is -2.41. The van der Waals surface area contributed by atoms with Crippen molar-refractivity contribution in [3.8, 4) is 28.9 Å². The number of carbonyl (C=O) groups is 1. The molecule has 0 radical (unpaired) electrons. The molecular weight excluding hydrogens is 512 g/mol. The van der Waals surface area contributed by atoms with Crippen LogP contribution in [0.1, 0.15) is 20.9 Å². The molecule has 4 rings (SSSR count). The van der Waals surface area contributed by atoms with Crippen molar-refractivity contribution in [2.24, 2.45) is 0 Å². The Morgan fingerprint density at radius 1 is 1.17 bits per heavy atom. The molecule has 0 bridgehead atoms. The highest BCUT2D eigenvalue weighted by Crippen LogP contribution is 2.39. The van der Waals surface area contributed by atoms with Crippen molar-refractivity contribution < 1.29 is 33.3 Å². The first-order valence-electron chi connectivity index (χ1n) is 8.45. The van der Waals surface area contributed by atoms with Crippen molar-refractivity contribution >= 4 is 37.6 Å². The van der Waals surface area contributed by atoms with Crippen molar-refractivity contribution in [3.63, 3.8) is 0 Å². The SMILES string of the molecule is COc1ccc(-[n+]2noc([O-])c2C(=O)C(Br)C(Br)c2ccc3c(c2)OCO3)cc1. The number of benzene rings is 2. The molecular formula is C19H14Br2N2O6. The summed E-state index contributed by atoms with van der Waals surface area (Å²) in [5.74, 6) is 0.577. The quantitative estimate of drug-likeness (QED) is 0.277. The predicted molar refractivity (Wildman–Crippen MR) is 105 cm³/mol. The van der Waals surface area contributed by atoms with Gasteiger partial charge in [0, 0.05) is 12.1 Å². The highest BCUT2D eigenvalue weighted by molar-refractivity contribution is 9.12. The highest BCUT2D eigenvalue weighted by Gasteiger charge is 2.36. The molecule has 2 aromatic carbocycles. The number of fused-ring (bicyclic) bond motifs is 1. The van der Waals surface area contributed by atoms with Gasteiger partial charge in [-0.05, 0) is 34.5 Å². The molecule has 150 valence electrons. The van der Waals surface area contributed by atoms with E-state index in [2.05, 4.69) is 37.1 Å². The number of carbonyl (C=O) groups excluding carboxylic acids is 1. The number of ketones is 1. The summed E-state index contributed by atoms with van der Waals surface area (Å²) in [5, 5.41) is 15.9. The van der Waals surface area contributed by atoms with Gasteiger partial charge in [0.2, 0.25) is 18.3 Å². The number of hydrogen-bond acceptors (Lipinski definition) is 7. The first-order chi connectivity index (χ1) is 14.0. The van der Waals surface area contributed by atoms with Gasteiger partial charge in [-0.3, -0.25) is 4.79 Å². The minimum atomic E-state index is -0.819. The van der Waals surface area contributed by atoms with Gasteiger partial charge in [0.25, 0.3) is 0 Å². The van der Waals surface area contributed by atoms with E-state index in [4.69, 9.17) is 18.7 Å². The Kier molecular flexibility index (Phi) is 5.46. The molecule has 0 N–H and O–H groups in total. The second kappa shape index (κ2) is 8.03. The number of halogens is 2. The van der Waals surface area contributed by atoms with Crippen LogP contribution in [0.5, 0.6) is 23.2 Å². The van der Waals surface area contributed by atoms with Crippen molar-refractivity contribution in [2.45, 2.75) is 9.65 Å². The summed E-state index contributed by atoms with van der Waals surface area (Å²) < 4.78 is 21.7. The Labute approximate surface area is 182 Å². The van der Waals surface area contributed by atoms with Crippen molar-refractivity contribution in [2.75, 3.05) is 13.9 Å². The maximum absolute atomic E-state index is 13.1. The molecule has 0 saturated carbocycles. The van der Waals surface area contributed by atoms with Crippen molar-refractivity contribution in [3.05, 3.63) is 53.7 Å². The molecule has 1 aliphatic rings. The Bertz CT molecular complexity index is 1050. The number of nitrogens with zero attached hydrogens (tertiary/aromatic N) is 2. The Morgan fingerprint density at radius 3 is 2.62 bits per heavy atom. The first kappa shape index (κ1) is 19.7. The zero-order valence-electron chi connectivity index (χ0n) is 15.0. The third-order valence-electron chi connectivity index (χ3n) is 4.38. The van der Waals surface area contributed by atoms with Crippen LogP contribution in [-0.2, 0) is 0 Å². The standard InChI is InChI=1S/C19H14Br2N2O6/c1-26-12-5-3-11(4-6-12)23-17(19(25)29-22-23)18(24)16(21)15(20)10-2-7-13-14(8-10)28-9-27-13/h2-8,15-16H,9H2,1H3. The Balaban J connectivity index is 1.62. The molecule has 2 atom stereocenters. The number of alkyl halides is 2. The van der Waals surface area contributed by atoms with Crippen molar-refractivity contribution in [1.82, 2.24) is 5.27 Å². The average molecular weight is 526 g/mol. The fourth-order valence-corrected chi connectivity index (χ4v) is 3.92. The van der Waals surface area contributed by atoms with E-state index in [1.54, 1.807) is 43.5 Å². The van der Waals surface area contributed by atoms with Gasteiger partial charge in [-0.1, -0.05) is 37.9 Å². The normalized spacial score (nSPS) is 14.4. The van der Waals surface area contributed by atoms with Crippen LogP contribution >= 0.6 is 31.9 Å². The topological polar surface area (TPSA) is 97.7 Å².